The predicted octanol–water partition coefficient (Wildman–Crippen LogP) is 2.18. The molecule has 1 amide bonds. The third kappa shape index (κ3) is 5.75. The number of hydrogen-bond acceptors (Lipinski definition) is 7. The molecule has 8 nitrogen and oxygen atoms in total. The lowest BCUT2D eigenvalue weighted by Gasteiger charge is -2.28. The molecule has 3 heterocycles. The fraction of sp³-hybridized carbons (Fsp3) is 0.571. The van der Waals surface area contributed by atoms with E-state index in [2.05, 4.69) is 19.7 Å². The maximum absolute atomic E-state index is 13.1. The van der Waals surface area contributed by atoms with Gasteiger partial charge >= 0.3 is 0 Å². The molecule has 0 aliphatic carbocycles. The van der Waals surface area contributed by atoms with Gasteiger partial charge in [-0.1, -0.05) is 23.9 Å². The van der Waals surface area contributed by atoms with Crippen molar-refractivity contribution < 1.29 is 18.7 Å². The van der Waals surface area contributed by atoms with Gasteiger partial charge in [0, 0.05) is 33.3 Å². The van der Waals surface area contributed by atoms with Gasteiger partial charge in [-0.25, -0.2) is 4.39 Å². The molecule has 2 aliphatic rings. The summed E-state index contributed by atoms with van der Waals surface area (Å²) in [4.78, 5) is 16.5. The highest BCUT2D eigenvalue weighted by molar-refractivity contribution is 7.99. The lowest BCUT2D eigenvalue weighted by atomic mass is 10.2. The lowest BCUT2D eigenvalue weighted by Crippen LogP contribution is -2.38. The highest BCUT2D eigenvalue weighted by atomic mass is 32.2. The summed E-state index contributed by atoms with van der Waals surface area (Å²) in [7, 11) is 1.75. The van der Waals surface area contributed by atoms with Crippen LogP contribution in [0, 0.1) is 5.82 Å². The van der Waals surface area contributed by atoms with Gasteiger partial charge in [-0.15, -0.1) is 10.2 Å². The van der Waals surface area contributed by atoms with E-state index >= 15 is 0 Å². The fourth-order valence-electron chi connectivity index (χ4n) is 3.73. The van der Waals surface area contributed by atoms with Gasteiger partial charge in [0.1, 0.15) is 5.82 Å². The number of morpholine rings is 1. The molecule has 31 heavy (non-hydrogen) atoms. The smallest absolute Gasteiger partial charge is 0.233 e. The second-order valence-electron chi connectivity index (χ2n) is 7.79. The largest absolute Gasteiger partial charge is 0.378 e. The first-order valence-corrected chi connectivity index (χ1v) is 11.6. The molecule has 2 aliphatic heterocycles. The van der Waals surface area contributed by atoms with Crippen LogP contribution in [0.2, 0.25) is 0 Å². The summed E-state index contributed by atoms with van der Waals surface area (Å²) < 4.78 is 26.5. The van der Waals surface area contributed by atoms with Crippen LogP contribution in [0.1, 0.15) is 18.4 Å². The molecule has 1 atom stereocenters. The molecule has 0 spiro atoms. The monoisotopic (exact) mass is 449 g/mol. The summed E-state index contributed by atoms with van der Waals surface area (Å²) in [6, 6.07) is 6.20. The van der Waals surface area contributed by atoms with Crippen molar-refractivity contribution >= 4 is 23.6 Å². The lowest BCUT2D eigenvalue weighted by molar-refractivity contribution is -0.127. The average Bonchev–Trinajstić information content (AvgIpc) is 3.44. The Morgan fingerprint density at radius 2 is 2.00 bits per heavy atom. The van der Waals surface area contributed by atoms with Crippen molar-refractivity contribution in [3.63, 3.8) is 0 Å². The fourth-order valence-corrected chi connectivity index (χ4v) is 4.61. The number of hydrogen-bond donors (Lipinski definition) is 0. The van der Waals surface area contributed by atoms with Gasteiger partial charge in [0.15, 0.2) is 5.16 Å². The van der Waals surface area contributed by atoms with Crippen LogP contribution in [0.5, 0.6) is 0 Å². The number of aromatic nitrogens is 3. The Hall–Kier alpha value is -2.17. The van der Waals surface area contributed by atoms with Crippen molar-refractivity contribution in [1.29, 1.82) is 0 Å². The third-order valence-electron chi connectivity index (χ3n) is 5.48. The van der Waals surface area contributed by atoms with Gasteiger partial charge in [-0.05, 0) is 30.5 Å². The van der Waals surface area contributed by atoms with Crippen LogP contribution in [-0.4, -0.2) is 77.4 Å². The molecule has 0 radical (unpaired) electrons. The third-order valence-corrected chi connectivity index (χ3v) is 6.44. The van der Waals surface area contributed by atoms with Crippen LogP contribution in [-0.2, 0) is 27.4 Å². The van der Waals surface area contributed by atoms with Crippen molar-refractivity contribution in [2.75, 3.05) is 50.6 Å². The van der Waals surface area contributed by atoms with Crippen molar-refractivity contribution in [2.24, 2.45) is 0 Å². The number of benzene rings is 1. The second kappa shape index (κ2) is 10.4. The quantitative estimate of drug-likeness (QED) is 0.572. The topological polar surface area (TPSA) is 72.7 Å². The molecule has 1 unspecified atom stereocenters. The normalized spacial score (nSPS) is 19.0. The molecule has 2 aromatic rings. The van der Waals surface area contributed by atoms with E-state index in [4.69, 9.17) is 9.47 Å². The number of amides is 1. The number of thioether (sulfide) groups is 1. The number of nitrogens with zero attached hydrogens (tertiary/aromatic N) is 5. The van der Waals surface area contributed by atoms with Gasteiger partial charge in [-0.2, -0.15) is 0 Å². The molecule has 0 bridgehead atoms. The summed E-state index contributed by atoms with van der Waals surface area (Å²) in [5.74, 6) is 0.766. The van der Waals surface area contributed by atoms with Crippen molar-refractivity contribution in [3.05, 3.63) is 35.6 Å². The summed E-state index contributed by atoms with van der Waals surface area (Å²) in [5.41, 5.74) is 0.887. The molecule has 10 heteroatoms. The molecule has 1 aromatic carbocycles. The number of anilines is 1. The van der Waals surface area contributed by atoms with E-state index in [1.807, 2.05) is 0 Å². The zero-order valence-electron chi connectivity index (χ0n) is 17.7. The highest BCUT2D eigenvalue weighted by Crippen LogP contribution is 2.26. The molecule has 2 fully saturated rings. The summed E-state index contributed by atoms with van der Waals surface area (Å²) in [6.45, 7) is 4.78. The SMILES string of the molecule is CN(Cc1ccc(F)cc1)C(=O)CSc1nnc(N2CCOCC2)n1CC1CCCO1. The second-order valence-corrected chi connectivity index (χ2v) is 8.74. The maximum Gasteiger partial charge on any atom is 0.233 e. The predicted molar refractivity (Wildman–Crippen MR) is 116 cm³/mol. The van der Waals surface area contributed by atoms with E-state index in [1.54, 1.807) is 24.1 Å². The molecule has 2 saturated heterocycles. The highest BCUT2D eigenvalue weighted by Gasteiger charge is 2.25. The number of rotatable bonds is 8. The molecule has 0 N–H and O–H groups in total. The molecule has 168 valence electrons. The van der Waals surface area contributed by atoms with E-state index in [0.29, 0.717) is 26.3 Å². The number of carbonyl (C=O) groups excluding carboxylic acids is 1. The Morgan fingerprint density at radius 3 is 2.71 bits per heavy atom. The summed E-state index contributed by atoms with van der Waals surface area (Å²) in [6.07, 6.45) is 2.23. The van der Waals surface area contributed by atoms with E-state index in [9.17, 15) is 9.18 Å². The summed E-state index contributed by atoms with van der Waals surface area (Å²) in [5, 5.41) is 9.53. The molecular formula is C21H28FN5O3S. The van der Waals surface area contributed by atoms with Gasteiger partial charge < -0.3 is 19.3 Å². The van der Waals surface area contributed by atoms with Crippen LogP contribution in [0.3, 0.4) is 0 Å². The minimum Gasteiger partial charge on any atom is -0.378 e. The number of carbonyl (C=O) groups is 1. The zero-order chi connectivity index (χ0) is 21.6. The summed E-state index contributed by atoms with van der Waals surface area (Å²) >= 11 is 1.39. The van der Waals surface area contributed by atoms with Gasteiger partial charge in [0.2, 0.25) is 11.9 Å². The van der Waals surface area contributed by atoms with Crippen LogP contribution in [0.15, 0.2) is 29.4 Å². The molecule has 4 rings (SSSR count). The average molecular weight is 450 g/mol. The number of ether oxygens (including phenoxy) is 2. The van der Waals surface area contributed by atoms with Gasteiger partial charge in [0.05, 0.1) is 31.6 Å². The Balaban J connectivity index is 1.41. The standard InChI is InChI=1S/C21H28FN5O3S/c1-25(13-16-4-6-17(22)7-5-16)19(28)15-31-21-24-23-20(26-8-11-29-12-9-26)27(21)14-18-3-2-10-30-18/h4-7,18H,2-3,8-15H2,1H3. The molecule has 1 aromatic heterocycles. The first kappa shape index (κ1) is 22.0. The van der Waals surface area contributed by atoms with Crippen molar-refractivity contribution in [3.8, 4) is 0 Å². The van der Waals surface area contributed by atoms with Crippen LogP contribution in [0.4, 0.5) is 10.3 Å². The van der Waals surface area contributed by atoms with Gasteiger partial charge in [-0.3, -0.25) is 9.36 Å². The molecule has 0 saturated carbocycles. The van der Waals surface area contributed by atoms with Crippen molar-refractivity contribution in [2.45, 2.75) is 37.2 Å². The van der Waals surface area contributed by atoms with Gasteiger partial charge in [0.25, 0.3) is 0 Å². The Labute approximate surface area is 185 Å². The minimum atomic E-state index is -0.282. The first-order valence-electron chi connectivity index (χ1n) is 10.6. The van der Waals surface area contributed by atoms with E-state index in [1.165, 1.54) is 23.9 Å². The Bertz CT molecular complexity index is 866. The zero-order valence-corrected chi connectivity index (χ0v) is 18.5. The van der Waals surface area contributed by atoms with Crippen LogP contribution < -0.4 is 4.90 Å². The van der Waals surface area contributed by atoms with E-state index < -0.39 is 0 Å². The first-order chi connectivity index (χ1) is 15.1. The van der Waals surface area contributed by atoms with E-state index in [0.717, 1.165) is 49.2 Å². The van der Waals surface area contributed by atoms with Crippen molar-refractivity contribution in [1.82, 2.24) is 19.7 Å². The molecular weight excluding hydrogens is 421 g/mol. The minimum absolute atomic E-state index is 0.0195. The Morgan fingerprint density at radius 1 is 1.23 bits per heavy atom. The maximum atomic E-state index is 13.1. The van der Waals surface area contributed by atoms with Crippen LogP contribution in [0.25, 0.3) is 0 Å². The van der Waals surface area contributed by atoms with E-state index in [-0.39, 0.29) is 23.6 Å². The van der Waals surface area contributed by atoms with Crippen LogP contribution >= 0.6 is 11.8 Å². The Kier molecular flexibility index (Phi) is 7.41. The number of halogens is 1.